The van der Waals surface area contributed by atoms with E-state index in [2.05, 4.69) is 29.8 Å². The summed E-state index contributed by atoms with van der Waals surface area (Å²) in [5, 5.41) is 0.629. The number of hydrogen-bond acceptors (Lipinski definition) is 7. The van der Waals surface area contributed by atoms with Gasteiger partial charge in [0.1, 0.15) is 6.61 Å². The highest BCUT2D eigenvalue weighted by Gasteiger charge is 2.35. The van der Waals surface area contributed by atoms with Crippen molar-refractivity contribution in [2.75, 3.05) is 13.7 Å². The van der Waals surface area contributed by atoms with Crippen molar-refractivity contribution in [2.24, 2.45) is 4.99 Å². The maximum absolute atomic E-state index is 14.4. The van der Waals surface area contributed by atoms with Gasteiger partial charge in [-0.1, -0.05) is 104 Å². The van der Waals surface area contributed by atoms with Gasteiger partial charge in [0.05, 0.1) is 40.0 Å². The number of ether oxygens (including phenoxy) is 3. The van der Waals surface area contributed by atoms with E-state index in [1.165, 1.54) is 11.3 Å². The number of benzene rings is 4. The van der Waals surface area contributed by atoms with Crippen LogP contribution in [0.3, 0.4) is 0 Å². The zero-order valence-electron chi connectivity index (χ0n) is 27.4. The fourth-order valence-corrected chi connectivity index (χ4v) is 7.50. The number of aromatic nitrogens is 1. The zero-order valence-corrected chi connectivity index (χ0v) is 30.6. The largest absolute Gasteiger partial charge is 0.493 e. The molecule has 1 aromatic heterocycles. The van der Waals surface area contributed by atoms with Crippen LogP contribution in [-0.4, -0.2) is 24.3 Å². The first-order valence-corrected chi connectivity index (χ1v) is 17.8. The first kappa shape index (κ1) is 34.4. The summed E-state index contributed by atoms with van der Waals surface area (Å²) in [6, 6.07) is 28.0. The lowest BCUT2D eigenvalue weighted by atomic mass is 9.91. The normalized spacial score (nSPS) is 14.4. The van der Waals surface area contributed by atoms with Crippen molar-refractivity contribution in [3.05, 3.63) is 154 Å². The van der Waals surface area contributed by atoms with Crippen LogP contribution in [0.1, 0.15) is 60.5 Å². The number of rotatable bonds is 10. The first-order chi connectivity index (χ1) is 23.7. The smallest absolute Gasteiger partial charge is 0.338 e. The average molecular weight is 758 g/mol. The molecule has 1 aliphatic rings. The Morgan fingerprint density at radius 2 is 1.80 bits per heavy atom. The van der Waals surface area contributed by atoms with Gasteiger partial charge in [0.15, 0.2) is 16.3 Å². The molecule has 0 saturated carbocycles. The second kappa shape index (κ2) is 15.0. The van der Waals surface area contributed by atoms with Gasteiger partial charge in [-0.3, -0.25) is 9.36 Å². The van der Waals surface area contributed by atoms with Crippen molar-refractivity contribution in [3.63, 3.8) is 0 Å². The number of carbonyl (C=O) groups is 1. The van der Waals surface area contributed by atoms with Crippen LogP contribution in [0.5, 0.6) is 11.5 Å². The molecule has 1 aliphatic heterocycles. The van der Waals surface area contributed by atoms with Gasteiger partial charge in [-0.25, -0.2) is 9.79 Å². The summed E-state index contributed by atoms with van der Waals surface area (Å²) in [7, 11) is 1.57. The first-order valence-electron chi connectivity index (χ1n) is 15.8. The Morgan fingerprint density at radius 1 is 1.04 bits per heavy atom. The van der Waals surface area contributed by atoms with Crippen LogP contribution in [0, 0.1) is 0 Å². The number of fused-ring (bicyclic) bond motifs is 1. The second-order valence-corrected chi connectivity index (χ2v) is 14.0. The van der Waals surface area contributed by atoms with E-state index in [4.69, 9.17) is 30.8 Å². The fourth-order valence-electron chi connectivity index (χ4n) is 5.72. The lowest BCUT2D eigenvalue weighted by molar-refractivity contribution is -0.138. The van der Waals surface area contributed by atoms with Crippen LogP contribution in [0.25, 0.3) is 11.8 Å². The van der Waals surface area contributed by atoms with Crippen molar-refractivity contribution in [2.45, 2.75) is 39.3 Å². The van der Waals surface area contributed by atoms with Crippen molar-refractivity contribution < 1.29 is 19.0 Å². The highest BCUT2D eigenvalue weighted by molar-refractivity contribution is 9.10. The quantitative estimate of drug-likeness (QED) is 0.135. The fraction of sp³-hybridized carbons (Fsp3) is 0.205. The SMILES string of the molecule is CCOC(=O)C1=C(c2ccccc2)N=c2s/c(=C\c3cc(Br)c(OCc4cccc(Cl)c4)c(OC)c3)c(=O)n2[C@H]1c1ccc(C(C)C)cc1. The van der Waals surface area contributed by atoms with Crippen LogP contribution in [0.15, 0.2) is 111 Å². The van der Waals surface area contributed by atoms with E-state index in [0.29, 0.717) is 47.5 Å². The minimum Gasteiger partial charge on any atom is -0.493 e. The van der Waals surface area contributed by atoms with Gasteiger partial charge < -0.3 is 14.2 Å². The lowest BCUT2D eigenvalue weighted by Gasteiger charge is -2.26. The molecule has 0 amide bonds. The number of halogens is 2. The Labute approximate surface area is 301 Å². The molecule has 250 valence electrons. The van der Waals surface area contributed by atoms with Crippen molar-refractivity contribution in [3.8, 4) is 11.5 Å². The molecule has 49 heavy (non-hydrogen) atoms. The Kier molecular flexibility index (Phi) is 10.5. The van der Waals surface area contributed by atoms with Gasteiger partial charge in [-0.05, 0) is 81.4 Å². The Morgan fingerprint density at radius 3 is 2.47 bits per heavy atom. The molecule has 1 atom stereocenters. The number of hydrogen-bond donors (Lipinski definition) is 0. The summed E-state index contributed by atoms with van der Waals surface area (Å²) in [5.41, 5.74) is 4.85. The maximum Gasteiger partial charge on any atom is 0.338 e. The Balaban J connectivity index is 1.49. The number of nitrogens with zero attached hydrogens (tertiary/aromatic N) is 2. The molecule has 0 radical (unpaired) electrons. The summed E-state index contributed by atoms with van der Waals surface area (Å²) in [6.07, 6.45) is 1.80. The Bertz CT molecular complexity index is 2230. The average Bonchev–Trinajstić information content (AvgIpc) is 3.41. The van der Waals surface area contributed by atoms with Crippen LogP contribution >= 0.6 is 38.9 Å². The minimum atomic E-state index is -0.752. The van der Waals surface area contributed by atoms with Crippen LogP contribution in [0.4, 0.5) is 0 Å². The molecule has 10 heteroatoms. The number of carbonyl (C=O) groups excluding carboxylic acids is 1. The summed E-state index contributed by atoms with van der Waals surface area (Å²) >= 11 is 11.1. The summed E-state index contributed by atoms with van der Waals surface area (Å²) in [6.45, 7) is 6.49. The standard InChI is InChI=1S/C39H34BrClN2O5S/c1-5-47-38(45)33-34(27-11-7-6-8-12-27)42-39-43(35(33)28-16-14-26(15-17-28)23(2)3)37(44)32(49-39)21-25-19-30(40)36(31(20-25)46-4)48-22-24-10-9-13-29(41)18-24/h6-21,23,35H,5,22H2,1-4H3/b32-21-/t35-/m0/s1. The number of thiazole rings is 1. The molecule has 0 saturated heterocycles. The predicted molar refractivity (Wildman–Crippen MR) is 198 cm³/mol. The molecular weight excluding hydrogens is 724 g/mol. The highest BCUT2D eigenvalue weighted by Crippen LogP contribution is 2.38. The zero-order chi connectivity index (χ0) is 34.7. The third-order valence-corrected chi connectivity index (χ3v) is 9.92. The van der Waals surface area contributed by atoms with Crippen LogP contribution in [-0.2, 0) is 16.1 Å². The molecule has 5 aromatic rings. The molecule has 0 unspecified atom stereocenters. The third kappa shape index (κ3) is 7.29. The third-order valence-electron chi connectivity index (χ3n) is 8.11. The number of methoxy groups -OCH3 is 1. The van der Waals surface area contributed by atoms with Gasteiger partial charge in [0, 0.05) is 10.6 Å². The van der Waals surface area contributed by atoms with Crippen LogP contribution in [0.2, 0.25) is 5.02 Å². The highest BCUT2D eigenvalue weighted by atomic mass is 79.9. The van der Waals surface area contributed by atoms with Gasteiger partial charge >= 0.3 is 5.97 Å². The molecule has 0 fully saturated rings. The van der Waals surface area contributed by atoms with E-state index < -0.39 is 12.0 Å². The lowest BCUT2D eigenvalue weighted by Crippen LogP contribution is -2.40. The van der Waals surface area contributed by atoms with Crippen LogP contribution < -0.4 is 24.4 Å². The molecule has 0 aliphatic carbocycles. The molecule has 2 heterocycles. The van der Waals surface area contributed by atoms with Gasteiger partial charge in [0.2, 0.25) is 0 Å². The molecule has 7 nitrogen and oxygen atoms in total. The predicted octanol–water partition coefficient (Wildman–Crippen LogP) is 8.06. The summed E-state index contributed by atoms with van der Waals surface area (Å²) in [5.74, 6) is 0.826. The monoisotopic (exact) mass is 756 g/mol. The summed E-state index contributed by atoms with van der Waals surface area (Å²) in [4.78, 5) is 33.6. The van der Waals surface area contributed by atoms with Gasteiger partial charge in [-0.2, -0.15) is 0 Å². The maximum atomic E-state index is 14.4. The van der Waals surface area contributed by atoms with E-state index in [9.17, 15) is 9.59 Å². The van der Waals surface area contributed by atoms with E-state index in [1.807, 2.05) is 91.0 Å². The minimum absolute atomic E-state index is 0.184. The van der Waals surface area contributed by atoms with E-state index in [1.54, 1.807) is 24.7 Å². The van der Waals surface area contributed by atoms with Crippen molar-refractivity contribution >= 4 is 56.6 Å². The van der Waals surface area contributed by atoms with Crippen molar-refractivity contribution in [1.29, 1.82) is 0 Å². The van der Waals surface area contributed by atoms with Gasteiger partial charge in [0.25, 0.3) is 5.56 Å². The van der Waals surface area contributed by atoms with E-state index in [0.717, 1.165) is 27.8 Å². The second-order valence-electron chi connectivity index (χ2n) is 11.7. The summed E-state index contributed by atoms with van der Waals surface area (Å²) < 4.78 is 20.1. The molecule has 0 spiro atoms. The molecule has 0 bridgehead atoms. The van der Waals surface area contributed by atoms with E-state index in [-0.39, 0.29) is 18.8 Å². The number of esters is 1. The Hall–Kier alpha value is -4.44. The molecule has 6 rings (SSSR count). The van der Waals surface area contributed by atoms with Crippen molar-refractivity contribution in [1.82, 2.24) is 4.57 Å². The topological polar surface area (TPSA) is 79.1 Å². The van der Waals surface area contributed by atoms with E-state index >= 15 is 0 Å². The molecule has 4 aromatic carbocycles. The molecule has 0 N–H and O–H groups in total. The molecular formula is C39H34BrClN2O5S. The van der Waals surface area contributed by atoms with Gasteiger partial charge in [-0.15, -0.1) is 0 Å².